The molecule has 0 radical (unpaired) electrons. The van der Waals surface area contributed by atoms with E-state index < -0.39 is 0 Å². The highest BCUT2D eigenvalue weighted by molar-refractivity contribution is 9.09. The van der Waals surface area contributed by atoms with Crippen molar-refractivity contribution in [3.63, 3.8) is 0 Å². The Labute approximate surface area is 91.5 Å². The van der Waals surface area contributed by atoms with Gasteiger partial charge in [-0.15, -0.1) is 0 Å². The minimum Gasteiger partial charge on any atom is -0.516 e. The number of halogens is 2. The third-order valence-corrected chi connectivity index (χ3v) is 2.98. The molecule has 0 rings (SSSR count). The van der Waals surface area contributed by atoms with E-state index in [4.69, 9.17) is 5.11 Å². The molecule has 3 heteroatoms. The molecule has 1 unspecified atom stereocenters. The van der Waals surface area contributed by atoms with Crippen molar-refractivity contribution in [3.05, 3.63) is 12.3 Å². The molecular weight excluding hydrogens is 284 g/mol. The van der Waals surface area contributed by atoms with E-state index >= 15 is 0 Å². The van der Waals surface area contributed by atoms with Gasteiger partial charge in [-0.2, -0.15) is 0 Å². The lowest BCUT2D eigenvalue weighted by Crippen LogP contribution is -1.92. The quantitative estimate of drug-likeness (QED) is 0.425. The maximum Gasteiger partial charge on any atom is 0.0762 e. The van der Waals surface area contributed by atoms with Gasteiger partial charge in [0.2, 0.25) is 0 Å². The van der Waals surface area contributed by atoms with Crippen LogP contribution in [0.3, 0.4) is 0 Å². The van der Waals surface area contributed by atoms with Crippen LogP contribution in [-0.4, -0.2) is 15.3 Å². The highest BCUT2D eigenvalue weighted by Crippen LogP contribution is 2.13. The van der Waals surface area contributed by atoms with Crippen molar-refractivity contribution in [1.29, 1.82) is 0 Å². The van der Waals surface area contributed by atoms with Crippen molar-refractivity contribution < 1.29 is 5.11 Å². The average Bonchev–Trinajstić information content (AvgIpc) is 2.05. The smallest absolute Gasteiger partial charge is 0.0762 e. The average molecular weight is 300 g/mol. The van der Waals surface area contributed by atoms with E-state index in [1.807, 2.05) is 0 Å². The Morgan fingerprint density at radius 2 is 1.83 bits per heavy atom. The van der Waals surface area contributed by atoms with Crippen molar-refractivity contribution in [2.75, 3.05) is 5.33 Å². The Morgan fingerprint density at radius 1 is 1.17 bits per heavy atom. The number of unbranched alkanes of at least 4 members (excludes halogenated alkanes) is 3. The molecule has 0 aliphatic heterocycles. The summed E-state index contributed by atoms with van der Waals surface area (Å²) < 4.78 is 0. The van der Waals surface area contributed by atoms with E-state index in [0.29, 0.717) is 4.83 Å². The van der Waals surface area contributed by atoms with Gasteiger partial charge in [-0.3, -0.25) is 0 Å². The highest BCUT2D eigenvalue weighted by Gasteiger charge is 1.97. The first kappa shape index (κ1) is 12.5. The Morgan fingerprint density at radius 3 is 2.42 bits per heavy atom. The summed E-state index contributed by atoms with van der Waals surface area (Å²) in [5.41, 5.74) is 0. The monoisotopic (exact) mass is 298 g/mol. The van der Waals surface area contributed by atoms with E-state index in [9.17, 15) is 0 Å². The maximum absolute atomic E-state index is 8.46. The van der Waals surface area contributed by atoms with E-state index in [-0.39, 0.29) is 0 Å². The SMILES string of the molecule is OC=CC(Br)CCCCCCBr. The summed E-state index contributed by atoms with van der Waals surface area (Å²) >= 11 is 6.85. The zero-order chi connectivity index (χ0) is 9.23. The lowest BCUT2D eigenvalue weighted by atomic mass is 10.1. The molecule has 1 atom stereocenters. The Hall–Kier alpha value is 0.500. The molecule has 1 N–H and O–H groups in total. The molecule has 0 bridgehead atoms. The van der Waals surface area contributed by atoms with E-state index in [1.165, 1.54) is 25.7 Å². The van der Waals surface area contributed by atoms with Crippen LogP contribution in [0.25, 0.3) is 0 Å². The zero-order valence-corrected chi connectivity index (χ0v) is 10.3. The first-order valence-electron chi connectivity index (χ1n) is 4.32. The molecule has 0 fully saturated rings. The Kier molecular flexibility index (Phi) is 9.99. The van der Waals surface area contributed by atoms with Crippen LogP contribution >= 0.6 is 31.9 Å². The molecule has 12 heavy (non-hydrogen) atoms. The summed E-state index contributed by atoms with van der Waals surface area (Å²) in [5.74, 6) is 0. The summed E-state index contributed by atoms with van der Waals surface area (Å²) in [5, 5.41) is 9.57. The van der Waals surface area contributed by atoms with Crippen molar-refractivity contribution >= 4 is 31.9 Å². The van der Waals surface area contributed by atoms with Crippen LogP contribution in [0.15, 0.2) is 12.3 Å². The Balaban J connectivity index is 3.08. The van der Waals surface area contributed by atoms with Crippen LogP contribution < -0.4 is 0 Å². The van der Waals surface area contributed by atoms with Gasteiger partial charge in [0.15, 0.2) is 0 Å². The first-order valence-corrected chi connectivity index (χ1v) is 6.36. The number of hydrogen-bond acceptors (Lipinski definition) is 1. The lowest BCUT2D eigenvalue weighted by Gasteiger charge is -2.02. The second kappa shape index (κ2) is 9.59. The number of aliphatic hydroxyl groups is 1. The predicted molar refractivity (Wildman–Crippen MR) is 61.4 cm³/mol. The topological polar surface area (TPSA) is 20.2 Å². The molecule has 0 aliphatic carbocycles. The summed E-state index contributed by atoms with van der Waals surface area (Å²) in [4.78, 5) is 0.339. The van der Waals surface area contributed by atoms with Crippen LogP contribution in [0.1, 0.15) is 32.1 Å². The van der Waals surface area contributed by atoms with Gasteiger partial charge >= 0.3 is 0 Å². The lowest BCUT2D eigenvalue weighted by molar-refractivity contribution is 0.470. The number of alkyl halides is 2. The number of allylic oxidation sites excluding steroid dienone is 1. The third-order valence-electron chi connectivity index (χ3n) is 1.66. The first-order chi connectivity index (χ1) is 5.81. The second-order valence-electron chi connectivity index (χ2n) is 2.75. The zero-order valence-electron chi connectivity index (χ0n) is 7.18. The van der Waals surface area contributed by atoms with Gasteiger partial charge in [0, 0.05) is 10.2 Å². The molecule has 0 aromatic rings. The Bertz CT molecular complexity index is 115. The van der Waals surface area contributed by atoms with Gasteiger partial charge in [0.25, 0.3) is 0 Å². The minimum absolute atomic E-state index is 0.339. The van der Waals surface area contributed by atoms with Gasteiger partial charge < -0.3 is 5.11 Å². The fraction of sp³-hybridized carbons (Fsp3) is 0.778. The van der Waals surface area contributed by atoms with Crippen LogP contribution in [0.4, 0.5) is 0 Å². The third kappa shape index (κ3) is 8.60. The fourth-order valence-corrected chi connectivity index (χ4v) is 1.83. The summed E-state index contributed by atoms with van der Waals surface area (Å²) in [6.45, 7) is 0. The minimum atomic E-state index is 0.339. The van der Waals surface area contributed by atoms with Crippen LogP contribution in [-0.2, 0) is 0 Å². The molecule has 0 spiro atoms. The molecule has 72 valence electrons. The van der Waals surface area contributed by atoms with Gasteiger partial charge in [-0.25, -0.2) is 0 Å². The van der Waals surface area contributed by atoms with Gasteiger partial charge in [-0.05, 0) is 18.9 Å². The molecule has 0 saturated carbocycles. The fourth-order valence-electron chi connectivity index (χ4n) is 0.977. The number of aliphatic hydroxyl groups excluding tert-OH is 1. The van der Waals surface area contributed by atoms with Gasteiger partial charge in [0.1, 0.15) is 0 Å². The molecule has 0 heterocycles. The summed E-state index contributed by atoms with van der Waals surface area (Å²) in [7, 11) is 0. The molecule has 0 aromatic carbocycles. The summed E-state index contributed by atoms with van der Waals surface area (Å²) in [6.07, 6.45) is 9.07. The van der Waals surface area contributed by atoms with Crippen LogP contribution in [0.5, 0.6) is 0 Å². The van der Waals surface area contributed by atoms with Gasteiger partial charge in [0.05, 0.1) is 6.26 Å². The van der Waals surface area contributed by atoms with E-state index in [0.717, 1.165) is 18.0 Å². The molecule has 0 saturated heterocycles. The molecule has 1 nitrogen and oxygen atoms in total. The molecular formula is C9H16Br2O. The highest BCUT2D eigenvalue weighted by atomic mass is 79.9. The van der Waals surface area contributed by atoms with Crippen LogP contribution in [0.2, 0.25) is 0 Å². The largest absolute Gasteiger partial charge is 0.516 e. The van der Waals surface area contributed by atoms with Crippen molar-refractivity contribution in [2.45, 2.75) is 36.9 Å². The maximum atomic E-state index is 8.46. The number of rotatable bonds is 7. The molecule has 0 amide bonds. The van der Waals surface area contributed by atoms with Crippen molar-refractivity contribution in [2.24, 2.45) is 0 Å². The van der Waals surface area contributed by atoms with E-state index in [2.05, 4.69) is 31.9 Å². The van der Waals surface area contributed by atoms with Crippen molar-refractivity contribution in [3.8, 4) is 0 Å². The predicted octanol–water partition coefficient (Wildman–Crippen LogP) is 4.17. The summed E-state index contributed by atoms with van der Waals surface area (Å²) in [6, 6.07) is 0. The normalized spacial score (nSPS) is 13.8. The van der Waals surface area contributed by atoms with E-state index in [1.54, 1.807) is 6.08 Å². The van der Waals surface area contributed by atoms with Crippen molar-refractivity contribution in [1.82, 2.24) is 0 Å². The number of hydrogen-bond donors (Lipinski definition) is 1. The molecule has 0 aromatic heterocycles. The second-order valence-corrected chi connectivity index (χ2v) is 4.72. The standard InChI is InChI=1S/C9H16Br2O/c10-7-4-2-1-3-5-9(11)6-8-12/h6,8-9,12H,1-5,7H2. The van der Waals surface area contributed by atoms with Gasteiger partial charge in [-0.1, -0.05) is 51.1 Å². The molecule has 0 aliphatic rings. The van der Waals surface area contributed by atoms with Crippen LogP contribution in [0, 0.1) is 0 Å².